The zero-order chi connectivity index (χ0) is 14.8. The maximum absolute atomic E-state index is 12.7. The van der Waals surface area contributed by atoms with Crippen molar-refractivity contribution < 1.29 is 4.79 Å². The summed E-state index contributed by atoms with van der Waals surface area (Å²) < 4.78 is 0. The van der Waals surface area contributed by atoms with Crippen LogP contribution in [0.4, 0.5) is 0 Å². The molecule has 0 aliphatic carbocycles. The molecule has 1 aromatic heterocycles. The van der Waals surface area contributed by atoms with E-state index < -0.39 is 0 Å². The molecule has 1 unspecified atom stereocenters. The van der Waals surface area contributed by atoms with Gasteiger partial charge in [-0.1, -0.05) is 24.3 Å². The number of hydrogen-bond donors (Lipinski definition) is 1. The Balaban J connectivity index is 1.77. The van der Waals surface area contributed by atoms with Gasteiger partial charge in [-0.25, -0.2) is 0 Å². The van der Waals surface area contributed by atoms with Crippen LogP contribution in [-0.4, -0.2) is 17.4 Å². The molecular formula is C17H20N2OS. The Hall–Kier alpha value is -1.65. The Kier molecular flexibility index (Phi) is 4.08. The lowest BCUT2D eigenvalue weighted by Gasteiger charge is -2.34. The number of carbonyl (C=O) groups excluding carboxylic acids is 1. The topological polar surface area (TPSA) is 46.3 Å². The lowest BCUT2D eigenvalue weighted by molar-refractivity contribution is -0.133. The Morgan fingerprint density at radius 2 is 2.10 bits per heavy atom. The van der Waals surface area contributed by atoms with Crippen molar-refractivity contribution in [1.29, 1.82) is 0 Å². The summed E-state index contributed by atoms with van der Waals surface area (Å²) in [6, 6.07) is 10.3. The van der Waals surface area contributed by atoms with E-state index in [0.717, 1.165) is 24.1 Å². The van der Waals surface area contributed by atoms with E-state index in [2.05, 4.69) is 18.4 Å². The van der Waals surface area contributed by atoms with Crippen molar-refractivity contribution >= 4 is 17.2 Å². The van der Waals surface area contributed by atoms with Gasteiger partial charge in [-0.2, -0.15) is 0 Å². The molecule has 3 rings (SSSR count). The summed E-state index contributed by atoms with van der Waals surface area (Å²) in [4.78, 5) is 16.1. The lowest BCUT2D eigenvalue weighted by atomic mass is 9.99. The first-order chi connectivity index (χ1) is 10.2. The van der Waals surface area contributed by atoms with Gasteiger partial charge >= 0.3 is 0 Å². The van der Waals surface area contributed by atoms with E-state index in [1.165, 1.54) is 10.4 Å². The highest BCUT2D eigenvalue weighted by molar-refractivity contribution is 7.10. The molecule has 4 heteroatoms. The average Bonchev–Trinajstić information content (AvgIpc) is 2.97. The molecule has 0 bridgehead atoms. The van der Waals surface area contributed by atoms with E-state index in [0.29, 0.717) is 13.0 Å². The van der Waals surface area contributed by atoms with Crippen molar-refractivity contribution in [2.75, 3.05) is 6.54 Å². The number of benzene rings is 1. The average molecular weight is 300 g/mol. The molecule has 2 heterocycles. The maximum atomic E-state index is 12.7. The van der Waals surface area contributed by atoms with Gasteiger partial charge in [0.2, 0.25) is 5.91 Å². The van der Waals surface area contributed by atoms with E-state index in [-0.39, 0.29) is 11.9 Å². The Labute approximate surface area is 129 Å². The van der Waals surface area contributed by atoms with E-state index in [4.69, 9.17) is 5.73 Å². The highest BCUT2D eigenvalue weighted by Gasteiger charge is 2.28. The minimum absolute atomic E-state index is 0.178. The van der Waals surface area contributed by atoms with Gasteiger partial charge in [0.25, 0.3) is 0 Å². The fourth-order valence-corrected chi connectivity index (χ4v) is 4.01. The molecule has 0 saturated heterocycles. The minimum Gasteiger partial charge on any atom is -0.335 e. The van der Waals surface area contributed by atoms with Crippen LogP contribution in [-0.2, 0) is 24.2 Å². The number of hydrogen-bond acceptors (Lipinski definition) is 3. The van der Waals surface area contributed by atoms with Gasteiger partial charge in [0, 0.05) is 18.0 Å². The summed E-state index contributed by atoms with van der Waals surface area (Å²) in [5, 5.41) is 2.12. The van der Waals surface area contributed by atoms with Crippen LogP contribution in [0.5, 0.6) is 0 Å². The third-order valence-electron chi connectivity index (χ3n) is 4.28. The molecule has 2 N–H and O–H groups in total. The largest absolute Gasteiger partial charge is 0.335 e. The lowest BCUT2D eigenvalue weighted by Crippen LogP contribution is -2.39. The Morgan fingerprint density at radius 3 is 2.86 bits per heavy atom. The van der Waals surface area contributed by atoms with Crippen LogP contribution in [0.3, 0.4) is 0 Å². The van der Waals surface area contributed by atoms with Gasteiger partial charge in [0.15, 0.2) is 0 Å². The Bertz CT molecular complexity index is 650. The number of amides is 1. The number of thiophene rings is 1. The third-order valence-corrected chi connectivity index (χ3v) is 5.27. The fraction of sp³-hybridized carbons (Fsp3) is 0.353. The predicted molar refractivity (Wildman–Crippen MR) is 86.2 cm³/mol. The van der Waals surface area contributed by atoms with Crippen molar-refractivity contribution in [3.05, 3.63) is 57.3 Å². The quantitative estimate of drug-likeness (QED) is 0.947. The molecule has 0 saturated carbocycles. The monoisotopic (exact) mass is 300 g/mol. The second kappa shape index (κ2) is 6.00. The molecule has 1 aliphatic heterocycles. The van der Waals surface area contributed by atoms with Crippen LogP contribution in [0.25, 0.3) is 0 Å². The molecule has 21 heavy (non-hydrogen) atoms. The van der Waals surface area contributed by atoms with Crippen LogP contribution in [0.1, 0.15) is 34.5 Å². The molecule has 1 aromatic carbocycles. The number of carbonyl (C=O) groups is 1. The SMILES string of the molecule is CC1c2ccsc2CCN1C(=O)Cc1ccccc1CN. The second-order valence-electron chi connectivity index (χ2n) is 5.46. The van der Waals surface area contributed by atoms with Crippen molar-refractivity contribution in [3.63, 3.8) is 0 Å². The third kappa shape index (κ3) is 2.74. The van der Waals surface area contributed by atoms with Crippen molar-refractivity contribution in [2.45, 2.75) is 32.4 Å². The first-order valence-corrected chi connectivity index (χ1v) is 8.21. The predicted octanol–water partition coefficient (Wildman–Crippen LogP) is 2.90. The summed E-state index contributed by atoms with van der Waals surface area (Å²) in [6.45, 7) is 3.42. The summed E-state index contributed by atoms with van der Waals surface area (Å²) >= 11 is 1.80. The van der Waals surface area contributed by atoms with E-state index in [1.54, 1.807) is 11.3 Å². The maximum Gasteiger partial charge on any atom is 0.227 e. The number of nitrogens with two attached hydrogens (primary N) is 1. The van der Waals surface area contributed by atoms with Gasteiger partial charge in [0.1, 0.15) is 0 Å². The summed E-state index contributed by atoms with van der Waals surface area (Å²) in [7, 11) is 0. The first kappa shape index (κ1) is 14.3. The van der Waals surface area contributed by atoms with Gasteiger partial charge < -0.3 is 10.6 Å². The van der Waals surface area contributed by atoms with E-state index in [9.17, 15) is 4.79 Å². The van der Waals surface area contributed by atoms with Crippen LogP contribution < -0.4 is 5.73 Å². The molecule has 1 atom stereocenters. The van der Waals surface area contributed by atoms with Gasteiger partial charge in [-0.3, -0.25) is 4.79 Å². The molecule has 110 valence electrons. The van der Waals surface area contributed by atoms with Gasteiger partial charge in [0.05, 0.1) is 12.5 Å². The normalized spacial score (nSPS) is 17.6. The summed E-state index contributed by atoms with van der Waals surface area (Å²) in [5.41, 5.74) is 9.18. The second-order valence-corrected chi connectivity index (χ2v) is 6.46. The van der Waals surface area contributed by atoms with Crippen molar-refractivity contribution in [2.24, 2.45) is 5.73 Å². The summed E-state index contributed by atoms with van der Waals surface area (Å²) in [6.07, 6.45) is 1.42. The number of rotatable bonds is 3. The molecule has 3 nitrogen and oxygen atoms in total. The van der Waals surface area contributed by atoms with Crippen molar-refractivity contribution in [3.8, 4) is 0 Å². The van der Waals surface area contributed by atoms with Crippen LogP contribution in [0, 0.1) is 0 Å². The standard InChI is InChI=1S/C17H20N2OS/c1-12-15-7-9-21-16(15)6-8-19(12)17(20)10-13-4-2-3-5-14(13)11-18/h2-5,7,9,12H,6,8,10-11,18H2,1H3. The minimum atomic E-state index is 0.178. The van der Waals surface area contributed by atoms with Gasteiger partial charge in [-0.05, 0) is 41.5 Å². The number of nitrogens with zero attached hydrogens (tertiary/aromatic N) is 1. The van der Waals surface area contributed by atoms with E-state index >= 15 is 0 Å². The first-order valence-electron chi connectivity index (χ1n) is 7.33. The molecule has 1 amide bonds. The molecular weight excluding hydrogens is 280 g/mol. The highest BCUT2D eigenvalue weighted by Crippen LogP contribution is 2.33. The molecule has 0 fully saturated rings. The summed E-state index contributed by atoms with van der Waals surface area (Å²) in [5.74, 6) is 0.195. The molecule has 2 aromatic rings. The van der Waals surface area contributed by atoms with Crippen LogP contribution in [0.15, 0.2) is 35.7 Å². The zero-order valence-electron chi connectivity index (χ0n) is 12.2. The zero-order valence-corrected chi connectivity index (χ0v) is 13.0. The Morgan fingerprint density at radius 1 is 1.33 bits per heavy atom. The molecule has 0 radical (unpaired) electrons. The smallest absolute Gasteiger partial charge is 0.227 e. The van der Waals surface area contributed by atoms with Gasteiger partial charge in [-0.15, -0.1) is 11.3 Å². The number of fused-ring (bicyclic) bond motifs is 1. The van der Waals surface area contributed by atoms with Crippen LogP contribution in [0.2, 0.25) is 0 Å². The molecule has 1 aliphatic rings. The highest BCUT2D eigenvalue weighted by atomic mass is 32.1. The van der Waals surface area contributed by atoms with Crippen LogP contribution >= 0.6 is 11.3 Å². The fourth-order valence-electron chi connectivity index (χ4n) is 3.04. The van der Waals surface area contributed by atoms with Crippen molar-refractivity contribution in [1.82, 2.24) is 4.90 Å². The van der Waals surface area contributed by atoms with E-state index in [1.807, 2.05) is 29.2 Å². The molecule has 0 spiro atoms.